The third-order valence-corrected chi connectivity index (χ3v) is 3.40. The Hall–Kier alpha value is -1.65. The Morgan fingerprint density at radius 3 is 2.42 bits per heavy atom. The average molecular weight is 269 g/mol. The van der Waals surface area contributed by atoms with Crippen molar-refractivity contribution >= 4 is 11.7 Å². The van der Waals surface area contributed by atoms with E-state index in [1.54, 1.807) is 0 Å². The number of nitrogen functional groups attached to an aromatic ring is 1. The second kappa shape index (κ2) is 5.99. The molecule has 2 rings (SSSR count). The molecule has 2 N–H and O–H groups in total. The molecule has 1 aromatic carbocycles. The van der Waals surface area contributed by atoms with Crippen LogP contribution in [-0.4, -0.2) is 12.1 Å². The number of anilines is 1. The molecule has 1 saturated carbocycles. The van der Waals surface area contributed by atoms with Crippen LogP contribution in [0.25, 0.3) is 0 Å². The Kier molecular flexibility index (Phi) is 4.35. The molecule has 1 aliphatic carbocycles. The van der Waals surface area contributed by atoms with Gasteiger partial charge in [0.25, 0.3) is 0 Å². The monoisotopic (exact) mass is 269 g/mol. The molecule has 104 valence electrons. The molecule has 19 heavy (non-hydrogen) atoms. The average Bonchev–Trinajstić information content (AvgIpc) is 2.63. The Labute approximate surface area is 110 Å². The van der Waals surface area contributed by atoms with Gasteiger partial charge in [-0.05, 0) is 37.8 Å². The Morgan fingerprint density at radius 1 is 1.16 bits per heavy atom. The van der Waals surface area contributed by atoms with Crippen molar-refractivity contribution in [1.29, 1.82) is 0 Å². The van der Waals surface area contributed by atoms with Gasteiger partial charge in [-0.25, -0.2) is 13.6 Å². The van der Waals surface area contributed by atoms with Crippen molar-refractivity contribution in [2.75, 3.05) is 5.73 Å². The van der Waals surface area contributed by atoms with Crippen LogP contribution in [0.3, 0.4) is 0 Å². The first-order valence-electron chi connectivity index (χ1n) is 6.54. The number of rotatable bonds is 2. The van der Waals surface area contributed by atoms with Gasteiger partial charge in [0.2, 0.25) is 0 Å². The molecule has 0 amide bonds. The summed E-state index contributed by atoms with van der Waals surface area (Å²) in [5.41, 5.74) is 4.39. The van der Waals surface area contributed by atoms with Gasteiger partial charge >= 0.3 is 5.97 Å². The van der Waals surface area contributed by atoms with E-state index in [2.05, 4.69) is 0 Å². The van der Waals surface area contributed by atoms with Crippen LogP contribution in [0.5, 0.6) is 0 Å². The Balaban J connectivity index is 2.13. The molecule has 1 aromatic rings. The van der Waals surface area contributed by atoms with E-state index in [0.717, 1.165) is 50.7 Å². The molecule has 0 spiro atoms. The molecular weight excluding hydrogens is 252 g/mol. The number of ether oxygens (including phenoxy) is 1. The maximum atomic E-state index is 13.7. The molecule has 5 heteroatoms. The lowest BCUT2D eigenvalue weighted by Gasteiger charge is -2.16. The molecule has 0 unspecified atom stereocenters. The largest absolute Gasteiger partial charge is 0.459 e. The molecule has 0 saturated heterocycles. The zero-order chi connectivity index (χ0) is 13.8. The maximum Gasteiger partial charge on any atom is 0.344 e. The highest BCUT2D eigenvalue weighted by atomic mass is 19.1. The molecule has 0 aromatic heterocycles. The van der Waals surface area contributed by atoms with Gasteiger partial charge in [0.05, 0.1) is 5.69 Å². The predicted molar refractivity (Wildman–Crippen MR) is 67.7 cm³/mol. The zero-order valence-electron chi connectivity index (χ0n) is 10.6. The number of carbonyl (C=O) groups is 1. The summed E-state index contributed by atoms with van der Waals surface area (Å²) in [4.78, 5) is 11.9. The van der Waals surface area contributed by atoms with Crippen LogP contribution >= 0.6 is 0 Å². The summed E-state index contributed by atoms with van der Waals surface area (Å²) >= 11 is 0. The fourth-order valence-corrected chi connectivity index (χ4v) is 2.33. The molecular formula is C14H17F2NO2. The van der Waals surface area contributed by atoms with Gasteiger partial charge in [0.1, 0.15) is 17.5 Å². The quantitative estimate of drug-likeness (QED) is 0.508. The van der Waals surface area contributed by atoms with Crippen LogP contribution in [-0.2, 0) is 4.74 Å². The number of hydrogen-bond donors (Lipinski definition) is 1. The summed E-state index contributed by atoms with van der Waals surface area (Å²) in [7, 11) is 0. The van der Waals surface area contributed by atoms with Gasteiger partial charge in [-0.2, -0.15) is 0 Å². The zero-order valence-corrected chi connectivity index (χ0v) is 10.6. The molecule has 0 aliphatic heterocycles. The fourth-order valence-electron chi connectivity index (χ4n) is 2.33. The second-order valence-corrected chi connectivity index (χ2v) is 4.84. The second-order valence-electron chi connectivity index (χ2n) is 4.84. The first kappa shape index (κ1) is 13.8. The highest BCUT2D eigenvalue weighted by Crippen LogP contribution is 2.24. The summed E-state index contributed by atoms with van der Waals surface area (Å²) in [5.74, 6) is -2.95. The topological polar surface area (TPSA) is 52.3 Å². The number of benzene rings is 1. The van der Waals surface area contributed by atoms with Gasteiger partial charge in [-0.1, -0.05) is 12.8 Å². The van der Waals surface area contributed by atoms with Crippen molar-refractivity contribution in [3.63, 3.8) is 0 Å². The Bertz CT molecular complexity index is 469. The van der Waals surface area contributed by atoms with Crippen molar-refractivity contribution in [1.82, 2.24) is 0 Å². The smallest absolute Gasteiger partial charge is 0.344 e. The minimum atomic E-state index is -1.04. The summed E-state index contributed by atoms with van der Waals surface area (Å²) in [6, 6.07) is 2.06. The van der Waals surface area contributed by atoms with Crippen molar-refractivity contribution < 1.29 is 18.3 Å². The third-order valence-electron chi connectivity index (χ3n) is 3.40. The fraction of sp³-hybridized carbons (Fsp3) is 0.500. The lowest BCUT2D eigenvalue weighted by molar-refractivity contribution is 0.0257. The third kappa shape index (κ3) is 3.22. The molecule has 0 bridgehead atoms. The molecule has 0 heterocycles. The molecule has 0 atom stereocenters. The van der Waals surface area contributed by atoms with Crippen LogP contribution in [0.2, 0.25) is 0 Å². The van der Waals surface area contributed by atoms with Gasteiger partial charge in [0.15, 0.2) is 5.82 Å². The predicted octanol–water partition coefficient (Wildman–Crippen LogP) is 3.43. The summed E-state index contributed by atoms with van der Waals surface area (Å²) in [6.07, 6.45) is 5.40. The lowest BCUT2D eigenvalue weighted by Crippen LogP contribution is -2.20. The van der Waals surface area contributed by atoms with E-state index in [9.17, 15) is 13.6 Å². The highest BCUT2D eigenvalue weighted by molar-refractivity contribution is 5.91. The molecule has 1 fully saturated rings. The van der Waals surface area contributed by atoms with E-state index < -0.39 is 23.2 Å². The number of halogens is 2. The van der Waals surface area contributed by atoms with Gasteiger partial charge < -0.3 is 10.5 Å². The summed E-state index contributed by atoms with van der Waals surface area (Å²) in [6.45, 7) is 0. The first-order chi connectivity index (χ1) is 9.09. The number of carbonyl (C=O) groups excluding carboxylic acids is 1. The van der Waals surface area contributed by atoms with E-state index in [1.165, 1.54) is 0 Å². The Morgan fingerprint density at radius 2 is 1.79 bits per heavy atom. The van der Waals surface area contributed by atoms with Crippen molar-refractivity contribution in [3.05, 3.63) is 29.3 Å². The van der Waals surface area contributed by atoms with E-state index in [-0.39, 0.29) is 11.8 Å². The summed E-state index contributed by atoms with van der Waals surface area (Å²) in [5, 5.41) is 0. The standard InChI is InChI=1S/C14H17F2NO2/c15-10-7-8-11(17)13(16)12(10)14(18)19-9-5-3-1-2-4-6-9/h7-9H,1-6,17H2. The van der Waals surface area contributed by atoms with E-state index >= 15 is 0 Å². The SMILES string of the molecule is Nc1ccc(F)c(C(=O)OC2CCCCCC2)c1F. The van der Waals surface area contributed by atoms with Crippen LogP contribution in [0.4, 0.5) is 14.5 Å². The minimum absolute atomic E-state index is 0.254. The van der Waals surface area contributed by atoms with E-state index in [0.29, 0.717) is 0 Å². The molecule has 0 radical (unpaired) electrons. The van der Waals surface area contributed by atoms with E-state index in [4.69, 9.17) is 10.5 Å². The number of esters is 1. The van der Waals surface area contributed by atoms with Crippen molar-refractivity contribution in [2.24, 2.45) is 0 Å². The number of nitrogens with two attached hydrogens (primary N) is 1. The van der Waals surface area contributed by atoms with Crippen LogP contribution in [0.15, 0.2) is 12.1 Å². The first-order valence-corrected chi connectivity index (χ1v) is 6.54. The van der Waals surface area contributed by atoms with Crippen molar-refractivity contribution in [2.45, 2.75) is 44.6 Å². The van der Waals surface area contributed by atoms with E-state index in [1.807, 2.05) is 0 Å². The van der Waals surface area contributed by atoms with Crippen LogP contribution in [0.1, 0.15) is 48.9 Å². The highest BCUT2D eigenvalue weighted by Gasteiger charge is 2.24. The molecule has 1 aliphatic rings. The maximum absolute atomic E-state index is 13.7. The van der Waals surface area contributed by atoms with Crippen molar-refractivity contribution in [3.8, 4) is 0 Å². The van der Waals surface area contributed by atoms with Gasteiger partial charge in [-0.15, -0.1) is 0 Å². The van der Waals surface area contributed by atoms with Crippen LogP contribution < -0.4 is 5.73 Å². The van der Waals surface area contributed by atoms with Crippen LogP contribution in [0, 0.1) is 11.6 Å². The minimum Gasteiger partial charge on any atom is -0.459 e. The van der Waals surface area contributed by atoms with Gasteiger partial charge in [-0.3, -0.25) is 0 Å². The number of hydrogen-bond acceptors (Lipinski definition) is 3. The van der Waals surface area contributed by atoms with Gasteiger partial charge in [0, 0.05) is 0 Å². The summed E-state index contributed by atoms with van der Waals surface area (Å²) < 4.78 is 32.4. The molecule has 3 nitrogen and oxygen atoms in total. The lowest BCUT2D eigenvalue weighted by atomic mass is 10.1. The normalized spacial score (nSPS) is 16.9.